The van der Waals surface area contributed by atoms with Gasteiger partial charge in [0.25, 0.3) is 0 Å². The number of aliphatic hydroxyl groups is 2. The van der Waals surface area contributed by atoms with Gasteiger partial charge in [0.2, 0.25) is 0 Å². The van der Waals surface area contributed by atoms with Crippen LogP contribution in [0.1, 0.15) is 23.7 Å². The van der Waals surface area contributed by atoms with Crippen molar-refractivity contribution in [1.29, 1.82) is 5.26 Å². The lowest BCUT2D eigenvalue weighted by molar-refractivity contribution is 0.147. The highest BCUT2D eigenvalue weighted by molar-refractivity contribution is 5.58. The molecule has 0 amide bonds. The molecule has 1 aliphatic heterocycles. The second-order valence-corrected chi connectivity index (χ2v) is 6.62. The summed E-state index contributed by atoms with van der Waals surface area (Å²) in [6.07, 6.45) is 0. The normalized spacial score (nSPS) is 20.6. The fraction of sp³-hybridized carbons (Fsp3) is 0.667. The maximum absolute atomic E-state index is 9.77. The van der Waals surface area contributed by atoms with Crippen molar-refractivity contribution in [2.24, 2.45) is 11.8 Å². The van der Waals surface area contributed by atoms with Gasteiger partial charge < -0.3 is 20.0 Å². The van der Waals surface area contributed by atoms with Gasteiger partial charge in [0.15, 0.2) is 0 Å². The minimum Gasteiger partial charge on any atom is -0.396 e. The predicted octanol–water partition coefficient (Wildman–Crippen LogP) is 0.929. The van der Waals surface area contributed by atoms with Gasteiger partial charge in [-0.15, -0.1) is 0 Å². The zero-order chi connectivity index (χ0) is 17.7. The van der Waals surface area contributed by atoms with E-state index < -0.39 is 0 Å². The number of nitriles is 1. The van der Waals surface area contributed by atoms with Crippen molar-refractivity contribution in [1.82, 2.24) is 9.88 Å². The summed E-state index contributed by atoms with van der Waals surface area (Å²) in [5.41, 5.74) is 2.47. The van der Waals surface area contributed by atoms with Gasteiger partial charge in [0, 0.05) is 44.4 Å². The Morgan fingerprint density at radius 1 is 1.33 bits per heavy atom. The molecule has 1 aromatic rings. The van der Waals surface area contributed by atoms with Crippen LogP contribution in [0.25, 0.3) is 0 Å². The highest BCUT2D eigenvalue weighted by Crippen LogP contribution is 2.31. The number of rotatable bonds is 7. The molecule has 1 aliphatic rings. The van der Waals surface area contributed by atoms with Crippen molar-refractivity contribution in [2.75, 3.05) is 50.8 Å². The van der Waals surface area contributed by atoms with E-state index in [2.05, 4.69) is 27.8 Å². The lowest BCUT2D eigenvalue weighted by Gasteiger charge is -2.25. The van der Waals surface area contributed by atoms with Gasteiger partial charge in [-0.1, -0.05) is 6.92 Å². The van der Waals surface area contributed by atoms with Gasteiger partial charge >= 0.3 is 0 Å². The molecule has 0 aromatic carbocycles. The second kappa shape index (κ2) is 8.43. The molecule has 0 unspecified atom stereocenters. The number of hydrogen-bond acceptors (Lipinski definition) is 6. The molecule has 0 bridgehead atoms. The molecule has 0 radical (unpaired) electrons. The average Bonchev–Trinajstić information content (AvgIpc) is 2.96. The van der Waals surface area contributed by atoms with Crippen LogP contribution in [-0.4, -0.2) is 66.0 Å². The summed E-state index contributed by atoms with van der Waals surface area (Å²) in [6, 6.07) is 4.21. The van der Waals surface area contributed by atoms with Gasteiger partial charge in [-0.2, -0.15) is 5.26 Å². The quantitative estimate of drug-likeness (QED) is 0.773. The summed E-state index contributed by atoms with van der Waals surface area (Å²) in [5.74, 6) is 1.20. The number of nitrogens with zero attached hydrogens (tertiary/aromatic N) is 4. The van der Waals surface area contributed by atoms with Crippen LogP contribution >= 0.6 is 0 Å². The number of aromatic nitrogens is 1. The van der Waals surface area contributed by atoms with Crippen LogP contribution < -0.4 is 4.90 Å². The Bertz CT molecular complexity index is 599. The minimum atomic E-state index is 0.129. The van der Waals surface area contributed by atoms with Crippen LogP contribution in [0, 0.1) is 37.0 Å². The monoisotopic (exact) mass is 332 g/mol. The second-order valence-electron chi connectivity index (χ2n) is 6.62. The van der Waals surface area contributed by atoms with E-state index in [4.69, 9.17) is 0 Å². The first-order valence-electron chi connectivity index (χ1n) is 8.61. The predicted molar refractivity (Wildman–Crippen MR) is 93.9 cm³/mol. The lowest BCUT2D eigenvalue weighted by atomic mass is 9.96. The maximum Gasteiger partial charge on any atom is 0.147 e. The molecule has 2 rings (SSSR count). The highest BCUT2D eigenvalue weighted by Gasteiger charge is 2.35. The van der Waals surface area contributed by atoms with Crippen LogP contribution in [0.3, 0.4) is 0 Å². The molecular weight excluding hydrogens is 304 g/mol. The summed E-state index contributed by atoms with van der Waals surface area (Å²) in [7, 11) is 0. The van der Waals surface area contributed by atoms with Crippen LogP contribution in [0.5, 0.6) is 0 Å². The van der Waals surface area contributed by atoms with Crippen LogP contribution in [-0.2, 0) is 0 Å². The fourth-order valence-electron chi connectivity index (χ4n) is 3.56. The van der Waals surface area contributed by atoms with E-state index in [1.54, 1.807) is 0 Å². The molecule has 24 heavy (non-hydrogen) atoms. The van der Waals surface area contributed by atoms with Gasteiger partial charge in [-0.25, -0.2) is 4.98 Å². The maximum atomic E-state index is 9.77. The molecular formula is C18H28N4O2. The summed E-state index contributed by atoms with van der Waals surface area (Å²) >= 11 is 0. The molecule has 2 N–H and O–H groups in total. The first-order chi connectivity index (χ1) is 11.5. The minimum absolute atomic E-state index is 0.129. The Hall–Kier alpha value is -1.68. The molecule has 2 heterocycles. The molecule has 1 aromatic heterocycles. The number of anilines is 1. The SMILES string of the molecule is CCN(CCO)C[C@@H]1CN(c2nc(C)cc(C)c2C#N)C[C@@H]1CO. The topological polar surface area (TPSA) is 83.6 Å². The van der Waals surface area contributed by atoms with Crippen molar-refractivity contribution >= 4 is 5.82 Å². The molecule has 132 valence electrons. The zero-order valence-corrected chi connectivity index (χ0v) is 14.9. The zero-order valence-electron chi connectivity index (χ0n) is 14.9. The molecule has 0 aliphatic carbocycles. The molecule has 1 saturated heterocycles. The molecule has 1 fully saturated rings. The van der Waals surface area contributed by atoms with E-state index >= 15 is 0 Å². The number of aryl methyl sites for hydroxylation is 2. The smallest absolute Gasteiger partial charge is 0.147 e. The Morgan fingerprint density at radius 2 is 2.04 bits per heavy atom. The van der Waals surface area contributed by atoms with E-state index in [0.29, 0.717) is 24.6 Å². The van der Waals surface area contributed by atoms with Gasteiger partial charge in [0.1, 0.15) is 11.9 Å². The van der Waals surface area contributed by atoms with E-state index in [-0.39, 0.29) is 19.1 Å². The number of aliphatic hydroxyl groups excluding tert-OH is 2. The van der Waals surface area contributed by atoms with Crippen molar-refractivity contribution in [3.63, 3.8) is 0 Å². The third-order valence-corrected chi connectivity index (χ3v) is 4.90. The third-order valence-electron chi connectivity index (χ3n) is 4.90. The first-order valence-corrected chi connectivity index (χ1v) is 8.61. The van der Waals surface area contributed by atoms with Crippen LogP contribution in [0.15, 0.2) is 6.07 Å². The number of likely N-dealkylation sites (N-methyl/N-ethyl adjacent to an activating group) is 1. The van der Waals surface area contributed by atoms with Gasteiger partial charge in [0.05, 0.1) is 12.2 Å². The molecule has 6 nitrogen and oxygen atoms in total. The summed E-state index contributed by atoms with van der Waals surface area (Å²) in [5, 5.41) is 28.4. The van der Waals surface area contributed by atoms with E-state index in [1.807, 2.05) is 19.9 Å². The van der Waals surface area contributed by atoms with E-state index in [1.165, 1.54) is 0 Å². The van der Waals surface area contributed by atoms with Crippen molar-refractivity contribution in [3.05, 3.63) is 22.9 Å². The summed E-state index contributed by atoms with van der Waals surface area (Å²) in [6.45, 7) is 10.1. The Balaban J connectivity index is 2.21. The van der Waals surface area contributed by atoms with Crippen LogP contribution in [0.2, 0.25) is 0 Å². The molecule has 6 heteroatoms. The van der Waals surface area contributed by atoms with E-state index in [0.717, 1.165) is 36.7 Å². The van der Waals surface area contributed by atoms with E-state index in [9.17, 15) is 15.5 Å². The summed E-state index contributed by atoms with van der Waals surface area (Å²) < 4.78 is 0. The molecule has 0 saturated carbocycles. The number of pyridine rings is 1. The molecule has 0 spiro atoms. The summed E-state index contributed by atoms with van der Waals surface area (Å²) in [4.78, 5) is 8.93. The third kappa shape index (κ3) is 4.04. The van der Waals surface area contributed by atoms with Crippen molar-refractivity contribution < 1.29 is 10.2 Å². The van der Waals surface area contributed by atoms with Gasteiger partial charge in [-0.3, -0.25) is 0 Å². The largest absolute Gasteiger partial charge is 0.396 e. The Kier molecular flexibility index (Phi) is 6.55. The standard InChI is InChI=1S/C18H28N4O2/c1-4-21(5-6-23)9-15-10-22(11-16(15)12-24)18-17(8-19)13(2)7-14(3)20-18/h7,15-16,23-24H,4-6,9-12H2,1-3H3/t15-,16-/m1/s1. The van der Waals surface area contributed by atoms with Crippen LogP contribution in [0.4, 0.5) is 5.82 Å². The van der Waals surface area contributed by atoms with Crippen molar-refractivity contribution in [3.8, 4) is 6.07 Å². The number of hydrogen-bond donors (Lipinski definition) is 2. The lowest BCUT2D eigenvalue weighted by Crippen LogP contribution is -2.35. The average molecular weight is 332 g/mol. The molecule has 2 atom stereocenters. The van der Waals surface area contributed by atoms with Gasteiger partial charge in [-0.05, 0) is 37.9 Å². The van der Waals surface area contributed by atoms with Crippen molar-refractivity contribution in [2.45, 2.75) is 20.8 Å². The highest BCUT2D eigenvalue weighted by atomic mass is 16.3. The first kappa shape index (κ1) is 18.7. The Labute approximate surface area is 144 Å². The fourth-order valence-corrected chi connectivity index (χ4v) is 3.56. The Morgan fingerprint density at radius 3 is 2.62 bits per heavy atom.